The second kappa shape index (κ2) is 5.59. The molecule has 2 aliphatic rings. The second-order valence-electron chi connectivity index (χ2n) is 6.58. The van der Waals surface area contributed by atoms with Crippen molar-refractivity contribution in [1.29, 1.82) is 0 Å². The quantitative estimate of drug-likeness (QED) is 0.663. The molecule has 1 atom stereocenters. The minimum Gasteiger partial charge on any atom is -0.348 e. The summed E-state index contributed by atoms with van der Waals surface area (Å²) in [5.74, 6) is 0.857. The Kier molecular flexibility index (Phi) is 3.21. The second-order valence-corrected chi connectivity index (χ2v) is 6.58. The highest BCUT2D eigenvalue weighted by atomic mass is 16.1. The zero-order valence-electron chi connectivity index (χ0n) is 14.0. The summed E-state index contributed by atoms with van der Waals surface area (Å²) in [7, 11) is 0. The van der Waals surface area contributed by atoms with Gasteiger partial charge in [0.25, 0.3) is 5.56 Å². The molecule has 0 unspecified atom stereocenters. The zero-order chi connectivity index (χ0) is 17.7. The van der Waals surface area contributed by atoms with Gasteiger partial charge < -0.3 is 10.3 Å². The molecule has 2 aromatic heterocycles. The van der Waals surface area contributed by atoms with Crippen LogP contribution in [0.4, 0.5) is 5.82 Å². The SMILES string of the molecule is O=C1CCCC2=C1[C@H](c1ncc[nH]1)c1c([nH]n(-c3ccccc3)c1=O)N2. The van der Waals surface area contributed by atoms with Crippen molar-refractivity contribution in [3.05, 3.63) is 75.7 Å². The third-order valence-corrected chi connectivity index (χ3v) is 5.04. The van der Waals surface area contributed by atoms with Crippen LogP contribution in [-0.4, -0.2) is 25.5 Å². The van der Waals surface area contributed by atoms with Crippen molar-refractivity contribution in [3.63, 3.8) is 0 Å². The lowest BCUT2D eigenvalue weighted by molar-refractivity contribution is -0.116. The number of carbonyl (C=O) groups is 1. The number of allylic oxidation sites excluding steroid dienone is 2. The fourth-order valence-electron chi connectivity index (χ4n) is 3.90. The molecule has 0 bridgehead atoms. The van der Waals surface area contributed by atoms with Crippen molar-refractivity contribution in [1.82, 2.24) is 19.7 Å². The molecule has 1 aliphatic carbocycles. The minimum absolute atomic E-state index is 0.0812. The van der Waals surface area contributed by atoms with Crippen LogP contribution in [0.1, 0.15) is 36.6 Å². The third-order valence-electron chi connectivity index (χ3n) is 5.04. The Morgan fingerprint density at radius 3 is 2.73 bits per heavy atom. The van der Waals surface area contributed by atoms with E-state index in [4.69, 9.17) is 0 Å². The van der Waals surface area contributed by atoms with Gasteiger partial charge >= 0.3 is 0 Å². The smallest absolute Gasteiger partial charge is 0.277 e. The van der Waals surface area contributed by atoms with Crippen LogP contribution in [0.25, 0.3) is 5.69 Å². The van der Waals surface area contributed by atoms with Crippen LogP contribution in [0.15, 0.2) is 58.8 Å². The lowest BCUT2D eigenvalue weighted by atomic mass is 9.80. The number of hydrogen-bond donors (Lipinski definition) is 3. The van der Waals surface area contributed by atoms with E-state index in [2.05, 4.69) is 20.4 Å². The Bertz CT molecular complexity index is 1070. The zero-order valence-corrected chi connectivity index (χ0v) is 14.0. The average molecular weight is 347 g/mol. The molecule has 0 spiro atoms. The number of para-hydroxylation sites is 1. The third kappa shape index (κ3) is 2.10. The van der Waals surface area contributed by atoms with Crippen LogP contribution < -0.4 is 10.9 Å². The summed E-state index contributed by atoms with van der Waals surface area (Å²) in [6, 6.07) is 9.39. The highest BCUT2D eigenvalue weighted by Gasteiger charge is 2.39. The van der Waals surface area contributed by atoms with Crippen LogP contribution in [0.5, 0.6) is 0 Å². The normalized spacial score (nSPS) is 19.1. The van der Waals surface area contributed by atoms with E-state index in [1.807, 2.05) is 30.3 Å². The fraction of sp³-hybridized carbons (Fsp3) is 0.211. The van der Waals surface area contributed by atoms with Gasteiger partial charge in [-0.05, 0) is 25.0 Å². The molecule has 0 saturated carbocycles. The van der Waals surface area contributed by atoms with Gasteiger partial charge in [-0.15, -0.1) is 0 Å². The lowest BCUT2D eigenvalue weighted by Crippen LogP contribution is -2.30. The van der Waals surface area contributed by atoms with Gasteiger partial charge in [-0.2, -0.15) is 0 Å². The highest BCUT2D eigenvalue weighted by Crippen LogP contribution is 2.42. The number of benzene rings is 1. The summed E-state index contributed by atoms with van der Waals surface area (Å²) >= 11 is 0. The number of carbonyl (C=O) groups excluding carboxylic acids is 1. The summed E-state index contributed by atoms with van der Waals surface area (Å²) in [6.45, 7) is 0. The Morgan fingerprint density at radius 2 is 1.96 bits per heavy atom. The van der Waals surface area contributed by atoms with Gasteiger partial charge in [0, 0.05) is 30.1 Å². The van der Waals surface area contributed by atoms with Crippen molar-refractivity contribution in [2.24, 2.45) is 0 Å². The number of aromatic amines is 2. The first-order valence-electron chi connectivity index (χ1n) is 8.67. The first kappa shape index (κ1) is 14.9. The fourth-order valence-corrected chi connectivity index (χ4v) is 3.90. The largest absolute Gasteiger partial charge is 0.348 e. The first-order valence-corrected chi connectivity index (χ1v) is 8.67. The van der Waals surface area contributed by atoms with Crippen molar-refractivity contribution < 1.29 is 4.79 Å². The molecule has 5 rings (SSSR count). The van der Waals surface area contributed by atoms with Crippen LogP contribution in [0, 0.1) is 0 Å². The maximum atomic E-state index is 13.2. The topological polar surface area (TPSA) is 95.6 Å². The predicted octanol–water partition coefficient (Wildman–Crippen LogP) is 2.45. The highest BCUT2D eigenvalue weighted by molar-refractivity contribution is 6.00. The maximum absolute atomic E-state index is 13.2. The van der Waals surface area contributed by atoms with Crippen LogP contribution in [0.2, 0.25) is 0 Å². The number of anilines is 1. The van der Waals surface area contributed by atoms with Crippen LogP contribution in [0.3, 0.4) is 0 Å². The number of nitrogens with one attached hydrogen (secondary N) is 3. The van der Waals surface area contributed by atoms with Crippen molar-refractivity contribution in [3.8, 4) is 5.69 Å². The van der Waals surface area contributed by atoms with Crippen molar-refractivity contribution >= 4 is 11.6 Å². The molecule has 3 aromatic rings. The van der Waals surface area contributed by atoms with Crippen molar-refractivity contribution in [2.45, 2.75) is 25.2 Å². The number of aromatic nitrogens is 4. The molecule has 0 fully saturated rings. The Hall–Kier alpha value is -3.35. The number of fused-ring (bicyclic) bond motifs is 1. The predicted molar refractivity (Wildman–Crippen MR) is 96.3 cm³/mol. The molecule has 3 N–H and O–H groups in total. The number of nitrogens with zero attached hydrogens (tertiary/aromatic N) is 2. The lowest BCUT2D eigenvalue weighted by Gasteiger charge is -2.29. The van der Waals surface area contributed by atoms with E-state index < -0.39 is 5.92 Å². The van der Waals surface area contributed by atoms with E-state index in [0.29, 0.717) is 29.2 Å². The van der Waals surface area contributed by atoms with Gasteiger partial charge in [-0.1, -0.05) is 18.2 Å². The van der Waals surface area contributed by atoms with E-state index in [1.165, 1.54) is 4.68 Å². The molecule has 0 saturated heterocycles. The van der Waals surface area contributed by atoms with Gasteiger partial charge in [-0.3, -0.25) is 14.7 Å². The number of ketones is 1. The number of H-pyrrole nitrogens is 2. The number of imidazole rings is 1. The van der Waals surface area contributed by atoms with Gasteiger partial charge in [-0.25, -0.2) is 9.67 Å². The summed E-state index contributed by atoms with van der Waals surface area (Å²) in [6.07, 6.45) is 5.47. The van der Waals surface area contributed by atoms with E-state index in [0.717, 1.165) is 24.2 Å². The molecule has 130 valence electrons. The molecule has 3 heterocycles. The number of rotatable bonds is 2. The summed E-state index contributed by atoms with van der Waals surface area (Å²) < 4.78 is 1.51. The molecule has 1 aliphatic heterocycles. The molecule has 1 aromatic carbocycles. The molecular weight excluding hydrogens is 330 g/mol. The summed E-state index contributed by atoms with van der Waals surface area (Å²) in [5, 5.41) is 6.46. The number of Topliss-reactive ketones (excluding diaryl/α,β-unsaturated/α-hetero) is 1. The van der Waals surface area contributed by atoms with E-state index >= 15 is 0 Å². The summed E-state index contributed by atoms with van der Waals surface area (Å²) in [4.78, 5) is 33.3. The Balaban J connectivity index is 1.75. The molecule has 7 heteroatoms. The van der Waals surface area contributed by atoms with E-state index in [1.54, 1.807) is 12.4 Å². The van der Waals surface area contributed by atoms with Gasteiger partial charge in [0.2, 0.25) is 0 Å². The minimum atomic E-state index is -0.474. The van der Waals surface area contributed by atoms with Crippen molar-refractivity contribution in [2.75, 3.05) is 5.32 Å². The van der Waals surface area contributed by atoms with Gasteiger partial charge in [0.1, 0.15) is 11.6 Å². The molecular formula is C19H17N5O2. The molecule has 0 amide bonds. The van der Waals surface area contributed by atoms with Crippen LogP contribution in [-0.2, 0) is 4.79 Å². The van der Waals surface area contributed by atoms with Gasteiger partial charge in [0.15, 0.2) is 5.78 Å². The average Bonchev–Trinajstić information content (AvgIpc) is 3.30. The van der Waals surface area contributed by atoms with E-state index in [-0.39, 0.29) is 11.3 Å². The molecule has 26 heavy (non-hydrogen) atoms. The van der Waals surface area contributed by atoms with Gasteiger partial charge in [0.05, 0.1) is 17.2 Å². The standard InChI is InChI=1S/C19H17N5O2/c25-13-8-4-7-12-14(13)15(17-20-9-10-21-17)16-18(22-12)23-24(19(16)26)11-5-2-1-3-6-11/h1-3,5-6,9-10,15,22-23H,4,7-8H2,(H,20,21)/t15-/m0/s1. The molecule has 0 radical (unpaired) electrons. The first-order chi connectivity index (χ1) is 12.7. The number of hydrogen-bond acceptors (Lipinski definition) is 4. The molecule has 7 nitrogen and oxygen atoms in total. The van der Waals surface area contributed by atoms with Crippen LogP contribution >= 0.6 is 0 Å². The maximum Gasteiger partial charge on any atom is 0.277 e. The summed E-state index contributed by atoms with van der Waals surface area (Å²) in [5.41, 5.74) is 2.64. The Morgan fingerprint density at radius 1 is 1.12 bits per heavy atom. The monoisotopic (exact) mass is 347 g/mol. The Labute approximate surface area is 148 Å². The van der Waals surface area contributed by atoms with E-state index in [9.17, 15) is 9.59 Å².